The molecule has 0 unspecified atom stereocenters. The Labute approximate surface area is 290 Å². The quantitative estimate of drug-likeness (QED) is 0.123. The maximum atomic E-state index is 13.8. The van der Waals surface area contributed by atoms with Crippen LogP contribution in [0.2, 0.25) is 0 Å². The molecule has 2 aliphatic rings. The van der Waals surface area contributed by atoms with Gasteiger partial charge in [0.25, 0.3) is 5.91 Å². The van der Waals surface area contributed by atoms with Gasteiger partial charge >= 0.3 is 5.97 Å². The van der Waals surface area contributed by atoms with Crippen LogP contribution in [0.25, 0.3) is 0 Å². The molecule has 1 aliphatic carbocycles. The maximum Gasteiger partial charge on any atom is 0.305 e. The van der Waals surface area contributed by atoms with Gasteiger partial charge in [-0.3, -0.25) is 19.3 Å². The van der Waals surface area contributed by atoms with Crippen molar-refractivity contribution in [2.24, 2.45) is 11.8 Å². The molecule has 1 heterocycles. The van der Waals surface area contributed by atoms with Gasteiger partial charge in [0.1, 0.15) is 5.75 Å². The van der Waals surface area contributed by atoms with E-state index < -0.39 is 12.1 Å². The van der Waals surface area contributed by atoms with Gasteiger partial charge < -0.3 is 25.2 Å². The Kier molecular flexibility index (Phi) is 14.2. The number of carbonyl (C=O) groups excluding carboxylic acids is 3. The van der Waals surface area contributed by atoms with Crippen LogP contribution in [0.4, 0.5) is 0 Å². The van der Waals surface area contributed by atoms with Gasteiger partial charge in [-0.05, 0) is 90.0 Å². The first-order valence-corrected chi connectivity index (χ1v) is 18.5. The highest BCUT2D eigenvalue weighted by atomic mass is 32.2. The van der Waals surface area contributed by atoms with Crippen molar-refractivity contribution in [3.63, 3.8) is 0 Å². The van der Waals surface area contributed by atoms with Crippen LogP contribution in [0.3, 0.4) is 0 Å². The van der Waals surface area contributed by atoms with Crippen LogP contribution in [0, 0.1) is 18.8 Å². The molecule has 2 fully saturated rings. The lowest BCUT2D eigenvalue weighted by Crippen LogP contribution is -2.60. The molecule has 2 aromatic rings. The summed E-state index contributed by atoms with van der Waals surface area (Å²) in [6.07, 6.45) is 5.38. The van der Waals surface area contributed by atoms with Crippen LogP contribution < -0.4 is 15.4 Å². The van der Waals surface area contributed by atoms with Crippen LogP contribution in [-0.2, 0) is 14.3 Å². The van der Waals surface area contributed by atoms with Crippen molar-refractivity contribution in [3.05, 3.63) is 59.7 Å². The van der Waals surface area contributed by atoms with Gasteiger partial charge in [-0.15, -0.1) is 11.8 Å². The van der Waals surface area contributed by atoms with Gasteiger partial charge in [0.05, 0.1) is 31.4 Å². The highest BCUT2D eigenvalue weighted by Gasteiger charge is 2.41. The number of aliphatic hydroxyl groups excluding tert-OH is 1. The first kappa shape index (κ1) is 37.7. The molecule has 3 N–H and O–H groups in total. The largest absolute Gasteiger partial charge is 0.493 e. The Balaban J connectivity index is 1.49. The van der Waals surface area contributed by atoms with Gasteiger partial charge in [0, 0.05) is 46.8 Å². The number of ether oxygens (including phenoxy) is 2. The van der Waals surface area contributed by atoms with E-state index >= 15 is 0 Å². The molecular formula is C38H55N3O6S. The van der Waals surface area contributed by atoms with E-state index in [1.807, 2.05) is 64.1 Å². The molecule has 48 heavy (non-hydrogen) atoms. The van der Waals surface area contributed by atoms with E-state index in [1.165, 1.54) is 12.8 Å². The summed E-state index contributed by atoms with van der Waals surface area (Å²) in [4.78, 5) is 42.3. The van der Waals surface area contributed by atoms with Crippen LogP contribution in [0.1, 0.15) is 88.6 Å². The molecule has 1 saturated heterocycles. The van der Waals surface area contributed by atoms with Crippen molar-refractivity contribution >= 4 is 29.5 Å². The van der Waals surface area contributed by atoms with Crippen molar-refractivity contribution in [2.45, 2.75) is 108 Å². The average molecular weight is 682 g/mol. The zero-order valence-electron chi connectivity index (χ0n) is 29.3. The van der Waals surface area contributed by atoms with Crippen LogP contribution >= 0.6 is 11.8 Å². The van der Waals surface area contributed by atoms with E-state index in [4.69, 9.17) is 9.47 Å². The third-order valence-electron chi connectivity index (χ3n) is 9.30. The summed E-state index contributed by atoms with van der Waals surface area (Å²) >= 11 is 1.58. The smallest absolute Gasteiger partial charge is 0.305 e. The number of nitrogens with one attached hydrogen (secondary N) is 2. The fraction of sp³-hybridized carbons (Fsp3) is 0.605. The highest BCUT2D eigenvalue weighted by molar-refractivity contribution is 7.99. The summed E-state index contributed by atoms with van der Waals surface area (Å²) in [5.41, 5.74) is 0.795. The van der Waals surface area contributed by atoms with E-state index in [1.54, 1.807) is 30.8 Å². The molecule has 1 aliphatic heterocycles. The third kappa shape index (κ3) is 11.2. The lowest BCUT2D eigenvalue weighted by Gasteiger charge is -2.47. The fourth-order valence-electron chi connectivity index (χ4n) is 6.84. The van der Waals surface area contributed by atoms with Crippen molar-refractivity contribution in [2.75, 3.05) is 32.1 Å². The lowest BCUT2D eigenvalue weighted by atomic mass is 9.72. The number of rotatable bonds is 15. The second kappa shape index (κ2) is 18.1. The molecule has 0 aromatic heterocycles. The Morgan fingerprint density at radius 2 is 1.77 bits per heavy atom. The minimum Gasteiger partial charge on any atom is -0.493 e. The van der Waals surface area contributed by atoms with Gasteiger partial charge in [-0.2, -0.15) is 0 Å². The summed E-state index contributed by atoms with van der Waals surface area (Å²) in [6.45, 7) is 11.3. The number of hydrogen-bond acceptors (Lipinski definition) is 8. The number of likely N-dealkylation sites (tertiary alicyclic amines) is 1. The third-order valence-corrected chi connectivity index (χ3v) is 10.4. The molecule has 264 valence electrons. The first-order chi connectivity index (χ1) is 22.9. The summed E-state index contributed by atoms with van der Waals surface area (Å²) < 4.78 is 10.9. The maximum absolute atomic E-state index is 13.8. The molecule has 2 aromatic carbocycles. The predicted octanol–water partition coefficient (Wildman–Crippen LogP) is 5.76. The Morgan fingerprint density at radius 3 is 2.48 bits per heavy atom. The number of carbonyl (C=O) groups is 3. The molecule has 0 radical (unpaired) electrons. The number of thioether (sulfide) groups is 1. The Hall–Kier alpha value is -3.08. The van der Waals surface area contributed by atoms with Crippen molar-refractivity contribution in [3.8, 4) is 5.75 Å². The number of aliphatic hydroxyl groups is 1. The standard InChI is InChI=1S/C38H55N3O6S/c1-6-46-35(43)20-13-21-47-34-19-12-18-30(26(34)2)36(44)39-31(25-48-29-16-8-7-9-17-29)33(42)24-41-23-28-15-11-10-14-27(28)22-32(41)37(45)40-38(3,4)5/h7-9,12,16-19,27-28,31-33,42H,6,10-11,13-15,20-25H2,1-5H3,(H,39,44)(H,40,45)/t27-,28+,31-,32-,33+/m0/s1. The summed E-state index contributed by atoms with van der Waals surface area (Å²) in [7, 11) is 0. The molecule has 2 amide bonds. The number of piperidine rings is 1. The summed E-state index contributed by atoms with van der Waals surface area (Å²) in [5, 5.41) is 18.2. The van der Waals surface area contributed by atoms with E-state index in [2.05, 4.69) is 15.5 Å². The predicted molar refractivity (Wildman–Crippen MR) is 190 cm³/mol. The Morgan fingerprint density at radius 1 is 1.04 bits per heavy atom. The van der Waals surface area contributed by atoms with Crippen molar-refractivity contribution in [1.82, 2.24) is 15.5 Å². The normalized spacial score (nSPS) is 21.0. The van der Waals surface area contributed by atoms with Crippen LogP contribution in [-0.4, -0.2) is 83.6 Å². The molecule has 1 saturated carbocycles. The molecule has 10 heteroatoms. The second-order valence-corrected chi connectivity index (χ2v) is 15.3. The summed E-state index contributed by atoms with van der Waals surface area (Å²) in [6, 6.07) is 14.4. The highest BCUT2D eigenvalue weighted by Crippen LogP contribution is 2.39. The minimum absolute atomic E-state index is 0.00710. The fourth-order valence-corrected chi connectivity index (χ4v) is 7.87. The summed E-state index contributed by atoms with van der Waals surface area (Å²) in [5.74, 6) is 1.52. The van der Waals surface area contributed by atoms with Gasteiger partial charge in [-0.1, -0.05) is 43.5 Å². The SMILES string of the molecule is CCOC(=O)CCCOc1cccc(C(=O)N[C@@H](CSc2ccccc2)[C@H](O)CN2C[C@H]3CCCC[C@H]3C[C@H]2C(=O)NC(C)(C)C)c1C. The number of benzene rings is 2. The number of esters is 1. The van der Waals surface area contributed by atoms with Crippen LogP contribution in [0.5, 0.6) is 5.75 Å². The monoisotopic (exact) mass is 681 g/mol. The number of nitrogens with zero attached hydrogens (tertiary/aromatic N) is 1. The van der Waals surface area contributed by atoms with Gasteiger partial charge in [-0.25, -0.2) is 0 Å². The number of amides is 2. The number of β-amino-alcohol motifs (C(OH)–C–C–N with tert-alkyl or cyclic N) is 1. The van der Waals surface area contributed by atoms with Crippen LogP contribution in [0.15, 0.2) is 53.4 Å². The van der Waals surface area contributed by atoms with Gasteiger partial charge in [0.2, 0.25) is 5.91 Å². The minimum atomic E-state index is -0.905. The van der Waals surface area contributed by atoms with E-state index in [-0.39, 0.29) is 42.3 Å². The van der Waals surface area contributed by atoms with Crippen molar-refractivity contribution < 1.29 is 29.0 Å². The van der Waals surface area contributed by atoms with Gasteiger partial charge in [0.15, 0.2) is 0 Å². The molecular weight excluding hydrogens is 627 g/mol. The number of hydrogen-bond donors (Lipinski definition) is 3. The molecule has 0 bridgehead atoms. The molecule has 5 atom stereocenters. The Bertz CT molecular complexity index is 1350. The van der Waals surface area contributed by atoms with E-state index in [0.717, 1.165) is 30.7 Å². The second-order valence-electron chi connectivity index (χ2n) is 14.2. The van der Waals surface area contributed by atoms with E-state index in [9.17, 15) is 19.5 Å². The first-order valence-electron chi connectivity index (χ1n) is 17.6. The zero-order chi connectivity index (χ0) is 34.7. The molecule has 0 spiro atoms. The lowest BCUT2D eigenvalue weighted by molar-refractivity contribution is -0.143. The topological polar surface area (TPSA) is 117 Å². The van der Waals surface area contributed by atoms with E-state index in [0.29, 0.717) is 54.1 Å². The average Bonchev–Trinajstić information content (AvgIpc) is 3.05. The molecule has 9 nitrogen and oxygen atoms in total. The van der Waals surface area contributed by atoms with Crippen molar-refractivity contribution in [1.29, 1.82) is 0 Å². The number of fused-ring (bicyclic) bond motifs is 1. The molecule has 4 rings (SSSR count). The zero-order valence-corrected chi connectivity index (χ0v) is 30.2.